The van der Waals surface area contributed by atoms with Crippen LogP contribution in [0.15, 0.2) is 24.3 Å². The molecule has 0 aliphatic rings. The van der Waals surface area contributed by atoms with Crippen LogP contribution in [0.5, 0.6) is 5.75 Å². The van der Waals surface area contributed by atoms with Gasteiger partial charge in [-0.2, -0.15) is 0 Å². The molecule has 1 aromatic rings. The van der Waals surface area contributed by atoms with Crippen molar-refractivity contribution in [3.05, 3.63) is 29.3 Å². The van der Waals surface area contributed by atoms with Crippen molar-refractivity contribution in [3.8, 4) is 5.75 Å². The molecule has 0 aliphatic carbocycles. The highest BCUT2D eigenvalue weighted by Crippen LogP contribution is 2.18. The molecule has 0 radical (unpaired) electrons. The second kappa shape index (κ2) is 7.88. The van der Waals surface area contributed by atoms with Crippen molar-refractivity contribution in [3.63, 3.8) is 0 Å². The van der Waals surface area contributed by atoms with Crippen LogP contribution < -0.4 is 10.1 Å². The summed E-state index contributed by atoms with van der Waals surface area (Å²) in [7, 11) is 0. The Morgan fingerprint density at radius 3 is 2.52 bits per heavy atom. The second-order valence-electron chi connectivity index (χ2n) is 5.25. The number of carboxylic acid groups (broad SMARTS) is 1. The highest BCUT2D eigenvalue weighted by molar-refractivity contribution is 6.30. The molecule has 1 unspecified atom stereocenters. The van der Waals surface area contributed by atoms with Gasteiger partial charge in [-0.05, 0) is 37.5 Å². The Morgan fingerprint density at radius 1 is 1.33 bits per heavy atom. The van der Waals surface area contributed by atoms with Gasteiger partial charge in [-0.25, -0.2) is 4.79 Å². The zero-order chi connectivity index (χ0) is 16.0. The van der Waals surface area contributed by atoms with Crippen LogP contribution in [0.25, 0.3) is 0 Å². The normalized spacial score (nSPS) is 13.6. The minimum atomic E-state index is -1.05. The van der Waals surface area contributed by atoms with Gasteiger partial charge in [0.15, 0.2) is 6.10 Å². The van der Waals surface area contributed by atoms with Gasteiger partial charge in [-0.15, -0.1) is 0 Å². The molecule has 2 N–H and O–H groups in total. The summed E-state index contributed by atoms with van der Waals surface area (Å²) in [6, 6.07) is 5.76. The lowest BCUT2D eigenvalue weighted by Gasteiger charge is -2.20. The standard InChI is InChI=1S/C15H20ClNO4/c1-9(2)7-13(15(19)20)17-14(18)10(3)21-12-6-4-5-11(16)8-12/h4-6,8-10,13H,7H2,1-3H3,(H,17,18)(H,19,20)/t10?,13-/m1/s1. The van der Waals surface area contributed by atoms with E-state index in [1.807, 2.05) is 13.8 Å². The summed E-state index contributed by atoms with van der Waals surface area (Å²) in [6.45, 7) is 5.35. The Kier molecular flexibility index (Phi) is 6.49. The topological polar surface area (TPSA) is 75.6 Å². The molecule has 21 heavy (non-hydrogen) atoms. The number of rotatable bonds is 7. The minimum absolute atomic E-state index is 0.163. The molecule has 1 amide bonds. The molecule has 0 saturated carbocycles. The summed E-state index contributed by atoms with van der Waals surface area (Å²) >= 11 is 5.83. The monoisotopic (exact) mass is 313 g/mol. The average molecular weight is 314 g/mol. The molecule has 116 valence electrons. The van der Waals surface area contributed by atoms with Gasteiger partial charge >= 0.3 is 5.97 Å². The van der Waals surface area contributed by atoms with Gasteiger partial charge < -0.3 is 15.2 Å². The first kappa shape index (κ1) is 17.3. The molecule has 0 aliphatic heterocycles. The Balaban J connectivity index is 2.62. The summed E-state index contributed by atoms with van der Waals surface area (Å²) in [4.78, 5) is 23.1. The molecular formula is C15H20ClNO4. The highest BCUT2D eigenvalue weighted by atomic mass is 35.5. The fraction of sp³-hybridized carbons (Fsp3) is 0.467. The lowest BCUT2D eigenvalue weighted by molar-refractivity contribution is -0.143. The lowest BCUT2D eigenvalue weighted by atomic mass is 10.0. The van der Waals surface area contributed by atoms with Gasteiger partial charge in [-0.3, -0.25) is 4.79 Å². The third kappa shape index (κ3) is 6.04. The number of aliphatic carboxylic acids is 1. The molecule has 0 saturated heterocycles. The maximum atomic E-state index is 12.0. The largest absolute Gasteiger partial charge is 0.481 e. The number of benzene rings is 1. The first-order valence-corrected chi connectivity index (χ1v) is 7.12. The van der Waals surface area contributed by atoms with Crippen molar-refractivity contribution < 1.29 is 19.4 Å². The minimum Gasteiger partial charge on any atom is -0.481 e. The molecule has 1 rings (SSSR count). The number of hydrogen-bond donors (Lipinski definition) is 2. The third-order valence-corrected chi connectivity index (χ3v) is 3.03. The molecule has 2 atom stereocenters. The van der Waals surface area contributed by atoms with Crippen LogP contribution in [-0.2, 0) is 9.59 Å². The quantitative estimate of drug-likeness (QED) is 0.811. The van der Waals surface area contributed by atoms with Crippen molar-refractivity contribution in [2.24, 2.45) is 5.92 Å². The molecule has 0 fully saturated rings. The number of carbonyl (C=O) groups is 2. The number of ether oxygens (including phenoxy) is 1. The number of carbonyl (C=O) groups excluding carboxylic acids is 1. The maximum absolute atomic E-state index is 12.0. The molecule has 0 bridgehead atoms. The molecule has 5 nitrogen and oxygen atoms in total. The first-order chi connectivity index (χ1) is 9.79. The Hall–Kier alpha value is -1.75. The highest BCUT2D eigenvalue weighted by Gasteiger charge is 2.24. The van der Waals surface area contributed by atoms with Gasteiger partial charge in [0.1, 0.15) is 11.8 Å². The van der Waals surface area contributed by atoms with Crippen molar-refractivity contribution in [1.29, 1.82) is 0 Å². The van der Waals surface area contributed by atoms with E-state index in [0.29, 0.717) is 17.2 Å². The summed E-state index contributed by atoms with van der Waals surface area (Å²) in [5.41, 5.74) is 0. The van der Waals surface area contributed by atoms with E-state index in [4.69, 9.17) is 21.4 Å². The van der Waals surface area contributed by atoms with Gasteiger partial charge in [0.05, 0.1) is 0 Å². The van der Waals surface area contributed by atoms with Crippen molar-refractivity contribution in [2.45, 2.75) is 39.3 Å². The van der Waals surface area contributed by atoms with E-state index in [1.165, 1.54) is 0 Å². The summed E-state index contributed by atoms with van der Waals surface area (Å²) in [5, 5.41) is 12.1. The number of nitrogens with one attached hydrogen (secondary N) is 1. The van der Waals surface area contributed by atoms with Crippen LogP contribution in [0.2, 0.25) is 5.02 Å². The Morgan fingerprint density at radius 2 is 2.00 bits per heavy atom. The molecule has 0 spiro atoms. The van der Waals surface area contributed by atoms with E-state index in [1.54, 1.807) is 31.2 Å². The zero-order valence-electron chi connectivity index (χ0n) is 12.3. The van der Waals surface area contributed by atoms with E-state index >= 15 is 0 Å². The molecule has 6 heteroatoms. The predicted molar refractivity (Wildman–Crippen MR) is 80.6 cm³/mol. The first-order valence-electron chi connectivity index (χ1n) is 6.75. The van der Waals surface area contributed by atoms with Crippen LogP contribution in [0.4, 0.5) is 0 Å². The average Bonchev–Trinajstić information content (AvgIpc) is 2.37. The van der Waals surface area contributed by atoms with Crippen molar-refractivity contribution in [2.75, 3.05) is 0 Å². The van der Waals surface area contributed by atoms with Gasteiger partial charge in [-0.1, -0.05) is 31.5 Å². The van der Waals surface area contributed by atoms with Crippen LogP contribution in [0, 0.1) is 5.92 Å². The SMILES string of the molecule is CC(C)C[C@@H](NC(=O)C(C)Oc1cccc(Cl)c1)C(=O)O. The van der Waals surface area contributed by atoms with Crippen molar-refractivity contribution in [1.82, 2.24) is 5.32 Å². The molecule has 0 heterocycles. The summed E-state index contributed by atoms with van der Waals surface area (Å²) in [5.74, 6) is -0.897. The third-order valence-electron chi connectivity index (χ3n) is 2.80. The number of halogens is 1. The number of hydrogen-bond acceptors (Lipinski definition) is 3. The fourth-order valence-corrected chi connectivity index (χ4v) is 1.96. The Labute approximate surface area is 129 Å². The van der Waals surface area contributed by atoms with E-state index in [-0.39, 0.29) is 5.92 Å². The Bertz CT molecular complexity index is 504. The van der Waals surface area contributed by atoms with Gasteiger partial charge in [0.2, 0.25) is 0 Å². The predicted octanol–water partition coefficient (Wildman–Crippen LogP) is 2.72. The summed E-state index contributed by atoms with van der Waals surface area (Å²) in [6.07, 6.45) is -0.442. The van der Waals surface area contributed by atoms with Gasteiger partial charge in [0.25, 0.3) is 5.91 Å². The van der Waals surface area contributed by atoms with E-state index in [0.717, 1.165) is 0 Å². The lowest BCUT2D eigenvalue weighted by Crippen LogP contribution is -2.46. The molecule has 0 aromatic heterocycles. The van der Waals surface area contributed by atoms with E-state index in [2.05, 4.69) is 5.32 Å². The van der Waals surface area contributed by atoms with Gasteiger partial charge in [0, 0.05) is 5.02 Å². The van der Waals surface area contributed by atoms with Crippen molar-refractivity contribution >= 4 is 23.5 Å². The number of amides is 1. The van der Waals surface area contributed by atoms with E-state index < -0.39 is 24.0 Å². The smallest absolute Gasteiger partial charge is 0.326 e. The summed E-state index contributed by atoms with van der Waals surface area (Å²) < 4.78 is 5.45. The van der Waals surface area contributed by atoms with Crippen LogP contribution >= 0.6 is 11.6 Å². The van der Waals surface area contributed by atoms with Crippen LogP contribution in [0.3, 0.4) is 0 Å². The fourth-order valence-electron chi connectivity index (χ4n) is 1.78. The second-order valence-corrected chi connectivity index (χ2v) is 5.68. The van der Waals surface area contributed by atoms with E-state index in [9.17, 15) is 9.59 Å². The van der Waals surface area contributed by atoms with Crippen LogP contribution in [-0.4, -0.2) is 29.1 Å². The zero-order valence-corrected chi connectivity index (χ0v) is 13.1. The molecule has 1 aromatic carbocycles. The van der Waals surface area contributed by atoms with Crippen LogP contribution in [0.1, 0.15) is 27.2 Å². The maximum Gasteiger partial charge on any atom is 0.326 e. The number of carboxylic acids is 1. The molecular weight excluding hydrogens is 294 g/mol.